The van der Waals surface area contributed by atoms with Gasteiger partial charge in [-0.1, -0.05) is 6.92 Å². The highest BCUT2D eigenvalue weighted by Crippen LogP contribution is 2.27. The molecule has 5 heteroatoms. The van der Waals surface area contributed by atoms with E-state index in [9.17, 15) is 9.59 Å². The maximum absolute atomic E-state index is 12.5. The van der Waals surface area contributed by atoms with Crippen LogP contribution in [0.1, 0.15) is 51.9 Å². The van der Waals surface area contributed by atoms with E-state index in [0.717, 1.165) is 25.8 Å². The summed E-state index contributed by atoms with van der Waals surface area (Å²) >= 11 is 0. The molecule has 3 heterocycles. The fraction of sp³-hybridized carbons (Fsp3) is 0.867. The largest absolute Gasteiger partial charge is 0.351 e. The van der Waals surface area contributed by atoms with Gasteiger partial charge in [-0.25, -0.2) is 0 Å². The highest BCUT2D eigenvalue weighted by Gasteiger charge is 2.36. The average Bonchev–Trinajstić information content (AvgIpc) is 2.97. The lowest BCUT2D eigenvalue weighted by Gasteiger charge is -2.32. The highest BCUT2D eigenvalue weighted by molar-refractivity contribution is 5.88. The van der Waals surface area contributed by atoms with Gasteiger partial charge in [0.2, 0.25) is 11.8 Å². The van der Waals surface area contributed by atoms with Crippen molar-refractivity contribution in [2.45, 2.75) is 76.0 Å². The highest BCUT2D eigenvalue weighted by atomic mass is 16.2. The fourth-order valence-electron chi connectivity index (χ4n) is 4.02. The standard InChI is InChI=1S/C15H25N3O2/c1-2-13(18-7-3-4-14(18)19)15(20)17-12-8-10-5-6-11(9-12)16-10/h10-13,16H,2-9H2,1H3,(H,17,20). The number of carbonyl (C=O) groups is 2. The van der Waals surface area contributed by atoms with Crippen LogP contribution in [0, 0.1) is 0 Å². The van der Waals surface area contributed by atoms with E-state index in [0.29, 0.717) is 24.9 Å². The van der Waals surface area contributed by atoms with Crippen LogP contribution in [0.4, 0.5) is 0 Å². The summed E-state index contributed by atoms with van der Waals surface area (Å²) in [6, 6.07) is 1.17. The van der Waals surface area contributed by atoms with Crippen LogP contribution < -0.4 is 10.6 Å². The van der Waals surface area contributed by atoms with Crippen LogP contribution in [0.3, 0.4) is 0 Å². The van der Waals surface area contributed by atoms with Crippen molar-refractivity contribution in [3.05, 3.63) is 0 Å². The molecule has 5 nitrogen and oxygen atoms in total. The van der Waals surface area contributed by atoms with Crippen LogP contribution in [0.25, 0.3) is 0 Å². The van der Waals surface area contributed by atoms with Crippen LogP contribution in [0.5, 0.6) is 0 Å². The van der Waals surface area contributed by atoms with Gasteiger partial charge in [0, 0.05) is 31.1 Å². The smallest absolute Gasteiger partial charge is 0.243 e. The fourth-order valence-corrected chi connectivity index (χ4v) is 4.02. The molecule has 3 fully saturated rings. The van der Waals surface area contributed by atoms with Crippen molar-refractivity contribution < 1.29 is 9.59 Å². The number of piperidine rings is 1. The summed E-state index contributed by atoms with van der Waals surface area (Å²) in [6.45, 7) is 2.73. The Labute approximate surface area is 120 Å². The molecule has 2 amide bonds. The predicted octanol–water partition coefficient (Wildman–Crippen LogP) is 0.787. The number of fused-ring (bicyclic) bond motifs is 2. The molecule has 2 bridgehead atoms. The molecule has 3 saturated heterocycles. The zero-order chi connectivity index (χ0) is 14.1. The Morgan fingerprint density at radius 1 is 1.40 bits per heavy atom. The summed E-state index contributed by atoms with van der Waals surface area (Å²) in [5, 5.41) is 6.78. The van der Waals surface area contributed by atoms with Gasteiger partial charge in [-0.3, -0.25) is 9.59 Å². The van der Waals surface area contributed by atoms with Crippen molar-refractivity contribution >= 4 is 11.8 Å². The molecule has 0 saturated carbocycles. The molecule has 0 spiro atoms. The first-order chi connectivity index (χ1) is 9.67. The van der Waals surface area contributed by atoms with Gasteiger partial charge in [0.1, 0.15) is 6.04 Å². The zero-order valence-electron chi connectivity index (χ0n) is 12.2. The van der Waals surface area contributed by atoms with Crippen molar-refractivity contribution in [2.75, 3.05) is 6.54 Å². The van der Waals surface area contributed by atoms with Crippen molar-refractivity contribution in [2.24, 2.45) is 0 Å². The first-order valence-corrected chi connectivity index (χ1v) is 8.03. The molecule has 0 aromatic carbocycles. The molecule has 20 heavy (non-hydrogen) atoms. The van der Waals surface area contributed by atoms with E-state index in [4.69, 9.17) is 0 Å². The molecule has 3 rings (SSSR count). The van der Waals surface area contributed by atoms with Gasteiger partial charge in [0.05, 0.1) is 0 Å². The van der Waals surface area contributed by atoms with E-state index >= 15 is 0 Å². The monoisotopic (exact) mass is 279 g/mol. The number of rotatable bonds is 4. The number of hydrogen-bond donors (Lipinski definition) is 2. The Kier molecular flexibility index (Phi) is 3.96. The minimum Gasteiger partial charge on any atom is -0.351 e. The van der Waals surface area contributed by atoms with E-state index in [1.807, 2.05) is 6.92 Å². The van der Waals surface area contributed by atoms with Gasteiger partial charge in [0.15, 0.2) is 0 Å². The first-order valence-electron chi connectivity index (χ1n) is 8.03. The van der Waals surface area contributed by atoms with E-state index in [1.165, 1.54) is 12.8 Å². The lowest BCUT2D eigenvalue weighted by molar-refractivity contribution is -0.138. The molecule has 112 valence electrons. The van der Waals surface area contributed by atoms with Crippen molar-refractivity contribution in [3.63, 3.8) is 0 Å². The Hall–Kier alpha value is -1.10. The molecule has 2 N–H and O–H groups in total. The van der Waals surface area contributed by atoms with Gasteiger partial charge >= 0.3 is 0 Å². The summed E-state index contributed by atoms with van der Waals surface area (Å²) in [5.74, 6) is 0.187. The van der Waals surface area contributed by atoms with Crippen LogP contribution in [0.15, 0.2) is 0 Å². The third-order valence-corrected chi connectivity index (χ3v) is 5.00. The summed E-state index contributed by atoms with van der Waals surface area (Å²) in [7, 11) is 0. The molecular formula is C15H25N3O2. The van der Waals surface area contributed by atoms with E-state index < -0.39 is 0 Å². The molecular weight excluding hydrogens is 254 g/mol. The van der Waals surface area contributed by atoms with E-state index in [1.54, 1.807) is 4.90 Å². The normalized spacial score (nSPS) is 34.4. The summed E-state index contributed by atoms with van der Waals surface area (Å²) in [5.41, 5.74) is 0. The Bertz CT molecular complexity index is 387. The number of nitrogens with one attached hydrogen (secondary N) is 2. The summed E-state index contributed by atoms with van der Waals surface area (Å²) < 4.78 is 0. The van der Waals surface area contributed by atoms with Gasteiger partial charge in [0.25, 0.3) is 0 Å². The maximum Gasteiger partial charge on any atom is 0.243 e. The minimum absolute atomic E-state index is 0.0500. The van der Waals surface area contributed by atoms with Gasteiger partial charge in [-0.2, -0.15) is 0 Å². The topological polar surface area (TPSA) is 61.4 Å². The molecule has 3 atom stereocenters. The second-order valence-electron chi connectivity index (χ2n) is 6.43. The number of hydrogen-bond acceptors (Lipinski definition) is 3. The van der Waals surface area contributed by atoms with Crippen LogP contribution in [-0.2, 0) is 9.59 Å². The van der Waals surface area contributed by atoms with Gasteiger partial charge in [-0.15, -0.1) is 0 Å². The zero-order valence-corrected chi connectivity index (χ0v) is 12.2. The van der Waals surface area contributed by atoms with E-state index in [-0.39, 0.29) is 23.9 Å². The quantitative estimate of drug-likeness (QED) is 0.800. The first kappa shape index (κ1) is 13.9. The minimum atomic E-state index is -0.266. The third kappa shape index (κ3) is 2.68. The Morgan fingerprint density at radius 2 is 2.10 bits per heavy atom. The number of nitrogens with zero attached hydrogens (tertiary/aromatic N) is 1. The lowest BCUT2D eigenvalue weighted by atomic mass is 9.99. The average molecular weight is 279 g/mol. The molecule has 3 aliphatic heterocycles. The lowest BCUT2D eigenvalue weighted by Crippen LogP contribution is -2.53. The summed E-state index contributed by atoms with van der Waals surface area (Å²) in [4.78, 5) is 26.1. The van der Waals surface area contributed by atoms with Gasteiger partial charge < -0.3 is 15.5 Å². The van der Waals surface area contributed by atoms with Crippen LogP contribution >= 0.6 is 0 Å². The summed E-state index contributed by atoms with van der Waals surface area (Å²) in [6.07, 6.45) is 6.73. The maximum atomic E-state index is 12.5. The van der Waals surface area contributed by atoms with Crippen LogP contribution in [-0.4, -0.2) is 47.4 Å². The predicted molar refractivity (Wildman–Crippen MR) is 76.1 cm³/mol. The van der Waals surface area contributed by atoms with Crippen LogP contribution in [0.2, 0.25) is 0 Å². The Morgan fingerprint density at radius 3 is 2.65 bits per heavy atom. The van der Waals surface area contributed by atoms with E-state index in [2.05, 4.69) is 10.6 Å². The molecule has 0 aliphatic carbocycles. The second kappa shape index (κ2) is 5.72. The SMILES string of the molecule is CCC(C(=O)NC1CC2CCC(C1)N2)N1CCCC1=O. The Balaban J connectivity index is 1.58. The van der Waals surface area contributed by atoms with Crippen molar-refractivity contribution in [3.8, 4) is 0 Å². The molecule has 0 radical (unpaired) electrons. The molecule has 0 aromatic rings. The van der Waals surface area contributed by atoms with Crippen molar-refractivity contribution in [1.82, 2.24) is 15.5 Å². The second-order valence-corrected chi connectivity index (χ2v) is 6.43. The molecule has 3 aliphatic rings. The third-order valence-electron chi connectivity index (χ3n) is 5.00. The molecule has 0 aromatic heterocycles. The van der Waals surface area contributed by atoms with Gasteiger partial charge in [-0.05, 0) is 38.5 Å². The molecule has 3 unspecified atom stereocenters. The number of carbonyl (C=O) groups excluding carboxylic acids is 2. The van der Waals surface area contributed by atoms with Crippen molar-refractivity contribution in [1.29, 1.82) is 0 Å². The number of likely N-dealkylation sites (tertiary alicyclic amines) is 1. The number of amides is 2.